The summed E-state index contributed by atoms with van der Waals surface area (Å²) in [6.07, 6.45) is 2.00. The standard InChI is InChI=1S/C17H17Cl2N3O3S/c18-12-3-8-15(19)16(11-12)21-26(24,25)14-6-4-13(5-7-14)20-17(23)22-9-1-2-10-22/h3-8,11,21H,1-2,9-10H2,(H,20,23). The Bertz CT molecular complexity index is 911. The molecule has 0 aromatic heterocycles. The second kappa shape index (κ2) is 7.73. The zero-order valence-electron chi connectivity index (χ0n) is 13.7. The number of likely N-dealkylation sites (tertiary alicyclic amines) is 1. The molecule has 0 radical (unpaired) electrons. The van der Waals surface area contributed by atoms with E-state index in [4.69, 9.17) is 23.2 Å². The minimum absolute atomic E-state index is 0.0488. The first-order chi connectivity index (χ1) is 12.3. The van der Waals surface area contributed by atoms with Crippen molar-refractivity contribution in [2.24, 2.45) is 0 Å². The average molecular weight is 414 g/mol. The fourth-order valence-corrected chi connectivity index (χ4v) is 4.08. The van der Waals surface area contributed by atoms with E-state index < -0.39 is 10.0 Å². The molecule has 0 aliphatic carbocycles. The number of carbonyl (C=O) groups excluding carboxylic acids is 1. The van der Waals surface area contributed by atoms with E-state index in [0.29, 0.717) is 10.7 Å². The van der Waals surface area contributed by atoms with E-state index in [0.717, 1.165) is 25.9 Å². The molecule has 0 bridgehead atoms. The van der Waals surface area contributed by atoms with Gasteiger partial charge in [-0.3, -0.25) is 4.72 Å². The second-order valence-electron chi connectivity index (χ2n) is 5.88. The molecule has 1 fully saturated rings. The highest BCUT2D eigenvalue weighted by atomic mass is 35.5. The molecule has 9 heteroatoms. The maximum Gasteiger partial charge on any atom is 0.321 e. The van der Waals surface area contributed by atoms with Gasteiger partial charge in [0, 0.05) is 23.8 Å². The van der Waals surface area contributed by atoms with E-state index in [1.165, 1.54) is 24.3 Å². The van der Waals surface area contributed by atoms with Crippen LogP contribution in [0.2, 0.25) is 10.0 Å². The zero-order valence-corrected chi connectivity index (χ0v) is 16.0. The molecule has 0 saturated carbocycles. The van der Waals surface area contributed by atoms with Crippen LogP contribution in [0.3, 0.4) is 0 Å². The predicted molar refractivity (Wildman–Crippen MR) is 104 cm³/mol. The van der Waals surface area contributed by atoms with Crippen LogP contribution in [0.4, 0.5) is 16.2 Å². The Balaban J connectivity index is 1.72. The van der Waals surface area contributed by atoms with Crippen molar-refractivity contribution in [2.45, 2.75) is 17.7 Å². The van der Waals surface area contributed by atoms with Crippen LogP contribution in [0.1, 0.15) is 12.8 Å². The lowest BCUT2D eigenvalue weighted by molar-refractivity contribution is 0.222. The van der Waals surface area contributed by atoms with Crippen molar-refractivity contribution in [1.29, 1.82) is 0 Å². The van der Waals surface area contributed by atoms with Gasteiger partial charge in [-0.05, 0) is 55.3 Å². The van der Waals surface area contributed by atoms with E-state index in [2.05, 4.69) is 10.0 Å². The molecule has 2 amide bonds. The molecule has 0 unspecified atom stereocenters. The molecule has 3 rings (SSSR count). The number of anilines is 2. The number of hydrogen-bond acceptors (Lipinski definition) is 3. The minimum Gasteiger partial charge on any atom is -0.325 e. The number of rotatable bonds is 4. The molecule has 1 heterocycles. The summed E-state index contributed by atoms with van der Waals surface area (Å²) in [6, 6.07) is 10.3. The lowest BCUT2D eigenvalue weighted by Crippen LogP contribution is -2.32. The van der Waals surface area contributed by atoms with Gasteiger partial charge in [0.1, 0.15) is 0 Å². The fourth-order valence-electron chi connectivity index (χ4n) is 2.62. The Morgan fingerprint density at radius 1 is 1.00 bits per heavy atom. The van der Waals surface area contributed by atoms with Crippen molar-refractivity contribution in [1.82, 2.24) is 4.90 Å². The summed E-state index contributed by atoms with van der Waals surface area (Å²) in [7, 11) is -3.83. The van der Waals surface area contributed by atoms with Gasteiger partial charge in [-0.1, -0.05) is 23.2 Å². The summed E-state index contributed by atoms with van der Waals surface area (Å²) < 4.78 is 27.4. The SMILES string of the molecule is O=C(Nc1ccc(S(=O)(=O)Nc2cc(Cl)ccc2Cl)cc1)N1CCCC1. The van der Waals surface area contributed by atoms with Gasteiger partial charge in [-0.15, -0.1) is 0 Å². The molecule has 0 atom stereocenters. The highest BCUT2D eigenvalue weighted by Crippen LogP contribution is 2.28. The Hall–Kier alpha value is -1.96. The van der Waals surface area contributed by atoms with Gasteiger partial charge in [-0.25, -0.2) is 13.2 Å². The van der Waals surface area contributed by atoms with Crippen LogP contribution >= 0.6 is 23.2 Å². The number of benzene rings is 2. The second-order valence-corrected chi connectivity index (χ2v) is 8.40. The van der Waals surface area contributed by atoms with Gasteiger partial charge in [0.2, 0.25) is 0 Å². The summed E-state index contributed by atoms with van der Waals surface area (Å²) in [4.78, 5) is 13.8. The normalized spacial score (nSPS) is 14.3. The molecule has 1 saturated heterocycles. The van der Waals surface area contributed by atoms with Gasteiger partial charge in [0.15, 0.2) is 0 Å². The van der Waals surface area contributed by atoms with Crippen molar-refractivity contribution in [3.63, 3.8) is 0 Å². The van der Waals surface area contributed by atoms with Crippen LogP contribution in [0, 0.1) is 0 Å². The summed E-state index contributed by atoms with van der Waals surface area (Å²) in [5.74, 6) is 0. The third-order valence-electron chi connectivity index (χ3n) is 3.98. The molecule has 2 aromatic carbocycles. The summed E-state index contributed by atoms with van der Waals surface area (Å²) >= 11 is 11.9. The highest BCUT2D eigenvalue weighted by molar-refractivity contribution is 7.92. The van der Waals surface area contributed by atoms with E-state index in [9.17, 15) is 13.2 Å². The Morgan fingerprint density at radius 2 is 1.65 bits per heavy atom. The molecule has 6 nitrogen and oxygen atoms in total. The molecular weight excluding hydrogens is 397 g/mol. The zero-order chi connectivity index (χ0) is 18.7. The van der Waals surface area contributed by atoms with Crippen LogP contribution in [-0.2, 0) is 10.0 Å². The van der Waals surface area contributed by atoms with Gasteiger partial charge in [0.05, 0.1) is 15.6 Å². The third kappa shape index (κ3) is 4.41. The quantitative estimate of drug-likeness (QED) is 0.778. The van der Waals surface area contributed by atoms with Crippen molar-refractivity contribution in [3.8, 4) is 0 Å². The first-order valence-electron chi connectivity index (χ1n) is 7.99. The minimum atomic E-state index is -3.83. The number of carbonyl (C=O) groups is 1. The van der Waals surface area contributed by atoms with E-state index in [1.807, 2.05) is 0 Å². The van der Waals surface area contributed by atoms with Crippen molar-refractivity contribution < 1.29 is 13.2 Å². The number of nitrogens with zero attached hydrogens (tertiary/aromatic N) is 1. The molecule has 1 aliphatic rings. The van der Waals surface area contributed by atoms with Crippen LogP contribution in [0.5, 0.6) is 0 Å². The fraction of sp³-hybridized carbons (Fsp3) is 0.235. The number of hydrogen-bond donors (Lipinski definition) is 2. The summed E-state index contributed by atoms with van der Waals surface area (Å²) in [6.45, 7) is 1.48. The van der Waals surface area contributed by atoms with Crippen molar-refractivity contribution >= 4 is 50.6 Å². The van der Waals surface area contributed by atoms with E-state index in [-0.39, 0.29) is 21.6 Å². The summed E-state index contributed by atoms with van der Waals surface area (Å²) in [5, 5.41) is 3.37. The van der Waals surface area contributed by atoms with Gasteiger partial charge >= 0.3 is 6.03 Å². The summed E-state index contributed by atoms with van der Waals surface area (Å²) in [5.41, 5.74) is 0.729. The predicted octanol–water partition coefficient (Wildman–Crippen LogP) is 4.42. The molecule has 2 N–H and O–H groups in total. The number of amides is 2. The molecule has 26 heavy (non-hydrogen) atoms. The van der Waals surface area contributed by atoms with Gasteiger partial charge in [-0.2, -0.15) is 0 Å². The average Bonchev–Trinajstić information content (AvgIpc) is 3.13. The van der Waals surface area contributed by atoms with Crippen LogP contribution in [0.25, 0.3) is 0 Å². The van der Waals surface area contributed by atoms with Crippen molar-refractivity contribution in [3.05, 3.63) is 52.5 Å². The Kier molecular flexibility index (Phi) is 5.60. The molecule has 0 spiro atoms. The topological polar surface area (TPSA) is 78.5 Å². The smallest absolute Gasteiger partial charge is 0.321 e. The molecular formula is C17H17Cl2N3O3S. The Labute approximate surface area is 162 Å². The number of nitrogens with one attached hydrogen (secondary N) is 2. The number of urea groups is 1. The number of halogens is 2. The van der Waals surface area contributed by atoms with Crippen LogP contribution in [0.15, 0.2) is 47.4 Å². The van der Waals surface area contributed by atoms with Crippen LogP contribution in [-0.4, -0.2) is 32.4 Å². The molecule has 138 valence electrons. The Morgan fingerprint density at radius 3 is 2.31 bits per heavy atom. The maximum atomic E-state index is 12.5. The van der Waals surface area contributed by atoms with Crippen LogP contribution < -0.4 is 10.0 Å². The lowest BCUT2D eigenvalue weighted by atomic mass is 10.3. The third-order valence-corrected chi connectivity index (χ3v) is 5.93. The monoisotopic (exact) mass is 413 g/mol. The first kappa shape index (κ1) is 18.8. The first-order valence-corrected chi connectivity index (χ1v) is 10.2. The lowest BCUT2D eigenvalue weighted by Gasteiger charge is -2.16. The maximum absolute atomic E-state index is 12.5. The van der Waals surface area contributed by atoms with Crippen molar-refractivity contribution in [2.75, 3.05) is 23.1 Å². The molecule has 1 aliphatic heterocycles. The number of sulfonamides is 1. The van der Waals surface area contributed by atoms with E-state index in [1.54, 1.807) is 23.1 Å². The van der Waals surface area contributed by atoms with E-state index >= 15 is 0 Å². The molecule has 2 aromatic rings. The largest absolute Gasteiger partial charge is 0.325 e. The highest BCUT2D eigenvalue weighted by Gasteiger charge is 2.19. The van der Waals surface area contributed by atoms with Gasteiger partial charge in [0.25, 0.3) is 10.0 Å². The van der Waals surface area contributed by atoms with Gasteiger partial charge < -0.3 is 10.2 Å².